The molecular formula is C39H48N8O3S. The monoisotopic (exact) mass is 708 g/mol. The van der Waals surface area contributed by atoms with Crippen molar-refractivity contribution in [1.82, 2.24) is 34.1 Å². The molecule has 2 saturated heterocycles. The van der Waals surface area contributed by atoms with Crippen LogP contribution in [0.5, 0.6) is 5.75 Å². The number of fused-ring (bicyclic) bond motifs is 1. The van der Waals surface area contributed by atoms with E-state index in [2.05, 4.69) is 79.2 Å². The Hall–Kier alpha value is -4.39. The topological polar surface area (TPSA) is 93.8 Å². The van der Waals surface area contributed by atoms with Gasteiger partial charge in [-0.25, -0.2) is 4.98 Å². The molecule has 7 rings (SSSR count). The third-order valence-corrected chi connectivity index (χ3v) is 11.1. The molecule has 1 atom stereocenters. The van der Waals surface area contributed by atoms with E-state index in [0.717, 1.165) is 86.4 Å². The number of nitrogens with zero attached hydrogens (tertiary/aromatic N) is 8. The summed E-state index contributed by atoms with van der Waals surface area (Å²) in [5.41, 5.74) is 4.74. The van der Waals surface area contributed by atoms with Crippen LogP contribution in [0.4, 0.5) is 5.95 Å². The maximum absolute atomic E-state index is 14.3. The average Bonchev–Trinajstić information content (AvgIpc) is 3.88. The van der Waals surface area contributed by atoms with Crippen LogP contribution in [0.15, 0.2) is 84.3 Å². The van der Waals surface area contributed by atoms with Crippen molar-refractivity contribution in [3.63, 3.8) is 0 Å². The van der Waals surface area contributed by atoms with E-state index < -0.39 is 0 Å². The lowest BCUT2D eigenvalue weighted by Gasteiger charge is -2.33. The lowest BCUT2D eigenvalue weighted by Crippen LogP contribution is -2.39. The van der Waals surface area contributed by atoms with E-state index in [9.17, 15) is 4.79 Å². The van der Waals surface area contributed by atoms with Crippen molar-refractivity contribution < 1.29 is 14.3 Å². The second-order valence-electron chi connectivity index (χ2n) is 13.4. The Morgan fingerprint density at radius 3 is 2.63 bits per heavy atom. The second-order valence-corrected chi connectivity index (χ2v) is 14.2. The van der Waals surface area contributed by atoms with Gasteiger partial charge in [0.05, 0.1) is 36.0 Å². The summed E-state index contributed by atoms with van der Waals surface area (Å²) in [6, 6.07) is 24.9. The van der Waals surface area contributed by atoms with E-state index in [1.54, 1.807) is 13.4 Å². The zero-order valence-corrected chi connectivity index (χ0v) is 30.7. The number of thioether (sulfide) groups is 1. The van der Waals surface area contributed by atoms with Crippen LogP contribution >= 0.6 is 11.8 Å². The van der Waals surface area contributed by atoms with Crippen molar-refractivity contribution in [2.45, 2.75) is 43.3 Å². The molecule has 2 aliphatic rings. The summed E-state index contributed by atoms with van der Waals surface area (Å²) in [5.74, 6) is 1.60. The number of aromatic nitrogens is 5. The predicted octanol–water partition coefficient (Wildman–Crippen LogP) is 5.77. The lowest BCUT2D eigenvalue weighted by molar-refractivity contribution is 0.0777. The van der Waals surface area contributed by atoms with Crippen molar-refractivity contribution in [2.75, 3.05) is 77.3 Å². The van der Waals surface area contributed by atoms with Crippen LogP contribution in [-0.4, -0.2) is 112 Å². The molecule has 0 aliphatic carbocycles. The number of hydrogen-bond acceptors (Lipinski definition) is 9. The average molecular weight is 709 g/mol. The summed E-state index contributed by atoms with van der Waals surface area (Å²) in [5, 5.41) is 9.04. The van der Waals surface area contributed by atoms with Gasteiger partial charge in [-0.2, -0.15) is 0 Å². The number of ether oxygens (including phenoxy) is 2. The summed E-state index contributed by atoms with van der Waals surface area (Å²) < 4.78 is 15.7. The van der Waals surface area contributed by atoms with Crippen LogP contribution in [0.3, 0.4) is 0 Å². The quantitative estimate of drug-likeness (QED) is 0.112. The Morgan fingerprint density at radius 1 is 0.961 bits per heavy atom. The highest BCUT2D eigenvalue weighted by Gasteiger charge is 2.42. The number of carbonyl (C=O) groups is 1. The molecule has 3 aromatic carbocycles. The zero-order valence-electron chi connectivity index (χ0n) is 29.9. The minimum Gasteiger partial charge on any atom is -0.496 e. The Kier molecular flexibility index (Phi) is 10.9. The van der Waals surface area contributed by atoms with Gasteiger partial charge < -0.3 is 28.7 Å². The molecule has 5 aromatic rings. The molecule has 4 heterocycles. The van der Waals surface area contributed by atoms with Crippen LogP contribution < -0.4 is 9.64 Å². The third-order valence-electron chi connectivity index (χ3n) is 10.5. The van der Waals surface area contributed by atoms with E-state index >= 15 is 0 Å². The van der Waals surface area contributed by atoms with Crippen molar-refractivity contribution in [3.05, 3.63) is 90.3 Å². The molecule has 0 N–H and O–H groups in total. The van der Waals surface area contributed by atoms with Gasteiger partial charge in [0, 0.05) is 51.3 Å². The second kappa shape index (κ2) is 15.9. The largest absolute Gasteiger partial charge is 0.496 e. The first kappa shape index (κ1) is 35.0. The Morgan fingerprint density at radius 2 is 1.80 bits per heavy atom. The molecule has 2 aliphatic heterocycles. The number of hydrogen-bond donors (Lipinski definition) is 0. The van der Waals surface area contributed by atoms with Gasteiger partial charge in [0.1, 0.15) is 12.1 Å². The first-order valence-electron chi connectivity index (χ1n) is 18.0. The Labute approximate surface area is 304 Å². The summed E-state index contributed by atoms with van der Waals surface area (Å²) in [6.45, 7) is 10.4. The van der Waals surface area contributed by atoms with Crippen molar-refractivity contribution >= 4 is 34.7 Å². The molecule has 51 heavy (non-hydrogen) atoms. The fourth-order valence-corrected chi connectivity index (χ4v) is 8.22. The number of carbonyl (C=O) groups excluding carboxylic acids is 1. The number of para-hydroxylation sites is 2. The van der Waals surface area contributed by atoms with Gasteiger partial charge in [-0.3, -0.25) is 9.36 Å². The molecule has 0 radical (unpaired) electrons. The number of imidazole rings is 1. The number of amides is 1. The minimum atomic E-state index is -0.138. The van der Waals surface area contributed by atoms with Crippen molar-refractivity contribution in [1.29, 1.82) is 0 Å². The fourth-order valence-electron chi connectivity index (χ4n) is 7.74. The summed E-state index contributed by atoms with van der Waals surface area (Å²) in [4.78, 5) is 26.5. The highest BCUT2D eigenvalue weighted by atomic mass is 32.2. The number of benzene rings is 3. The smallest absolute Gasteiger partial charge is 0.257 e. The highest BCUT2D eigenvalue weighted by Crippen LogP contribution is 2.39. The molecule has 2 fully saturated rings. The van der Waals surface area contributed by atoms with Crippen LogP contribution in [0.2, 0.25) is 0 Å². The van der Waals surface area contributed by atoms with Gasteiger partial charge in [0.2, 0.25) is 5.95 Å². The van der Waals surface area contributed by atoms with Gasteiger partial charge in [-0.15, -0.1) is 10.2 Å². The molecule has 1 unspecified atom stereocenters. The first-order chi connectivity index (χ1) is 25.0. The maximum Gasteiger partial charge on any atom is 0.257 e. The van der Waals surface area contributed by atoms with Crippen molar-refractivity contribution in [3.8, 4) is 11.4 Å². The predicted molar refractivity (Wildman–Crippen MR) is 202 cm³/mol. The van der Waals surface area contributed by atoms with Crippen molar-refractivity contribution in [2.24, 2.45) is 0 Å². The summed E-state index contributed by atoms with van der Waals surface area (Å²) in [6.07, 6.45) is 6.60. The van der Waals surface area contributed by atoms with Gasteiger partial charge >= 0.3 is 0 Å². The molecule has 2 aromatic heterocycles. The number of rotatable bonds is 13. The fraction of sp³-hybridized carbons (Fsp3) is 0.436. The maximum atomic E-state index is 14.3. The molecule has 0 bridgehead atoms. The van der Waals surface area contributed by atoms with E-state index in [0.29, 0.717) is 37.6 Å². The zero-order chi connectivity index (χ0) is 35.2. The molecular weight excluding hydrogens is 661 g/mol. The van der Waals surface area contributed by atoms with Gasteiger partial charge in [0.15, 0.2) is 5.16 Å². The van der Waals surface area contributed by atoms with E-state index in [-0.39, 0.29) is 11.3 Å². The molecule has 12 heteroatoms. The van der Waals surface area contributed by atoms with Gasteiger partial charge in [-0.05, 0) is 81.4 Å². The van der Waals surface area contributed by atoms with Crippen LogP contribution in [-0.2, 0) is 16.7 Å². The molecule has 0 spiro atoms. The first-order valence-corrected chi connectivity index (χ1v) is 19.2. The summed E-state index contributed by atoms with van der Waals surface area (Å²) >= 11 is 1.51. The van der Waals surface area contributed by atoms with E-state index in [1.165, 1.54) is 17.3 Å². The van der Waals surface area contributed by atoms with Gasteiger partial charge in [0.25, 0.3) is 5.91 Å². The normalized spacial score (nSPS) is 18.4. The Balaban J connectivity index is 1.07. The third kappa shape index (κ3) is 7.35. The minimum absolute atomic E-state index is 0.0112. The molecule has 11 nitrogen and oxygen atoms in total. The molecule has 268 valence electrons. The number of methoxy groups -OCH3 is 1. The van der Waals surface area contributed by atoms with Crippen LogP contribution in [0.1, 0.15) is 42.1 Å². The SMILES string of the molecule is CCOCCn1c(N2CCCN(CCC3(c4ccccc4)CCN(C(=O)c4cc(-n5cnnc5SC)ccc4OC)C3)CC2)nc2ccccc21. The number of likely N-dealkylation sites (tertiary alicyclic amines) is 1. The van der Waals surface area contributed by atoms with E-state index in [1.807, 2.05) is 40.8 Å². The lowest BCUT2D eigenvalue weighted by atomic mass is 9.76. The Bertz CT molecular complexity index is 1930. The highest BCUT2D eigenvalue weighted by molar-refractivity contribution is 7.98. The molecule has 1 amide bonds. The van der Waals surface area contributed by atoms with Gasteiger partial charge in [-0.1, -0.05) is 54.2 Å². The molecule has 0 saturated carbocycles. The van der Waals surface area contributed by atoms with E-state index in [4.69, 9.17) is 14.5 Å². The standard InChI is InChI=1S/C39H48N8O3S/c1-4-50-26-25-46-34-14-9-8-13-33(34)41-37(46)44-20-10-19-43(23-24-44)21-17-39(30-11-6-5-7-12-30)18-22-45(28-39)36(48)32-27-31(15-16-35(32)49-2)47-29-40-42-38(47)51-3/h5-9,11-16,27,29H,4,10,17-26,28H2,1-3H3. The van der Waals surface area contributed by atoms with Crippen LogP contribution in [0, 0.1) is 0 Å². The number of anilines is 1. The van der Waals surface area contributed by atoms with Crippen LogP contribution in [0.25, 0.3) is 16.7 Å². The summed E-state index contributed by atoms with van der Waals surface area (Å²) in [7, 11) is 1.62.